The van der Waals surface area contributed by atoms with E-state index in [-0.39, 0.29) is 5.56 Å². The van der Waals surface area contributed by atoms with Crippen LogP contribution in [0.2, 0.25) is 0 Å². The molecule has 0 bridgehead atoms. The van der Waals surface area contributed by atoms with Crippen LogP contribution in [-0.4, -0.2) is 11.1 Å². The zero-order valence-corrected chi connectivity index (χ0v) is 11.2. The van der Waals surface area contributed by atoms with Crippen LogP contribution < -0.4 is 5.73 Å². The van der Waals surface area contributed by atoms with Crippen molar-refractivity contribution in [3.63, 3.8) is 0 Å². The van der Waals surface area contributed by atoms with E-state index in [0.29, 0.717) is 5.69 Å². The summed E-state index contributed by atoms with van der Waals surface area (Å²) in [7, 11) is 0. The Hall–Kier alpha value is -2.29. The third kappa shape index (κ3) is 2.27. The summed E-state index contributed by atoms with van der Waals surface area (Å²) in [5, 5.41) is 9.01. The van der Waals surface area contributed by atoms with Gasteiger partial charge in [0.25, 0.3) is 0 Å². The third-order valence-corrected chi connectivity index (χ3v) is 3.96. The molecule has 3 rings (SSSR count). The van der Waals surface area contributed by atoms with E-state index in [4.69, 9.17) is 10.8 Å². The second-order valence-corrected chi connectivity index (χ2v) is 5.30. The first-order valence-electron chi connectivity index (χ1n) is 6.90. The van der Waals surface area contributed by atoms with Crippen molar-refractivity contribution in [3.05, 3.63) is 53.1 Å². The molecule has 2 aromatic rings. The van der Waals surface area contributed by atoms with Crippen LogP contribution in [0.15, 0.2) is 36.4 Å². The fourth-order valence-electron chi connectivity index (χ4n) is 2.85. The Morgan fingerprint density at radius 2 is 1.60 bits per heavy atom. The fraction of sp³-hybridized carbons (Fsp3) is 0.235. The third-order valence-electron chi connectivity index (χ3n) is 3.96. The van der Waals surface area contributed by atoms with E-state index in [1.165, 1.54) is 24.0 Å². The van der Waals surface area contributed by atoms with Gasteiger partial charge in [0.05, 0.1) is 5.56 Å². The van der Waals surface area contributed by atoms with Crippen molar-refractivity contribution in [3.8, 4) is 11.1 Å². The average molecular weight is 267 g/mol. The molecule has 20 heavy (non-hydrogen) atoms. The minimum Gasteiger partial charge on any atom is -0.478 e. The minimum absolute atomic E-state index is 0.159. The van der Waals surface area contributed by atoms with Crippen molar-refractivity contribution in [1.82, 2.24) is 0 Å². The van der Waals surface area contributed by atoms with Gasteiger partial charge in [-0.05, 0) is 60.1 Å². The Labute approximate surface area is 118 Å². The van der Waals surface area contributed by atoms with Crippen LogP contribution in [0, 0.1) is 0 Å². The summed E-state index contributed by atoms with van der Waals surface area (Å²) in [5.41, 5.74) is 11.2. The summed E-state index contributed by atoms with van der Waals surface area (Å²) < 4.78 is 0. The predicted molar refractivity (Wildman–Crippen MR) is 79.9 cm³/mol. The number of hydrogen-bond acceptors (Lipinski definition) is 2. The molecule has 0 unspecified atom stereocenters. The highest BCUT2D eigenvalue weighted by Crippen LogP contribution is 2.29. The van der Waals surface area contributed by atoms with Gasteiger partial charge in [0.15, 0.2) is 0 Å². The first-order chi connectivity index (χ1) is 9.65. The number of rotatable bonds is 2. The maximum absolute atomic E-state index is 11.0. The maximum atomic E-state index is 11.0. The molecule has 0 saturated carbocycles. The van der Waals surface area contributed by atoms with Crippen LogP contribution in [0.5, 0.6) is 0 Å². The first-order valence-corrected chi connectivity index (χ1v) is 6.90. The molecule has 2 aromatic carbocycles. The van der Waals surface area contributed by atoms with E-state index in [1.54, 1.807) is 12.1 Å². The molecule has 0 radical (unpaired) electrons. The van der Waals surface area contributed by atoms with Crippen molar-refractivity contribution >= 4 is 11.7 Å². The van der Waals surface area contributed by atoms with E-state index in [0.717, 1.165) is 24.0 Å². The summed E-state index contributed by atoms with van der Waals surface area (Å²) in [4.78, 5) is 11.0. The minimum atomic E-state index is -0.987. The van der Waals surface area contributed by atoms with Gasteiger partial charge >= 0.3 is 5.97 Å². The number of anilines is 1. The lowest BCUT2D eigenvalue weighted by atomic mass is 9.89. The van der Waals surface area contributed by atoms with E-state index < -0.39 is 5.97 Å². The molecule has 1 aliphatic carbocycles. The molecule has 3 nitrogen and oxygen atoms in total. The monoisotopic (exact) mass is 267 g/mol. The van der Waals surface area contributed by atoms with Gasteiger partial charge in [0.1, 0.15) is 0 Å². The van der Waals surface area contributed by atoms with E-state index >= 15 is 0 Å². The Morgan fingerprint density at radius 1 is 0.950 bits per heavy atom. The quantitative estimate of drug-likeness (QED) is 0.818. The van der Waals surface area contributed by atoms with Gasteiger partial charge in [0, 0.05) is 5.69 Å². The van der Waals surface area contributed by atoms with Crippen molar-refractivity contribution < 1.29 is 9.90 Å². The van der Waals surface area contributed by atoms with Crippen LogP contribution in [0.25, 0.3) is 11.1 Å². The van der Waals surface area contributed by atoms with Gasteiger partial charge in [-0.15, -0.1) is 0 Å². The molecule has 0 atom stereocenters. The number of carboxylic acids is 1. The molecular weight excluding hydrogens is 250 g/mol. The number of aryl methyl sites for hydroxylation is 2. The second kappa shape index (κ2) is 5.00. The van der Waals surface area contributed by atoms with E-state index in [2.05, 4.69) is 18.2 Å². The average Bonchev–Trinajstić information content (AvgIpc) is 2.46. The Kier molecular flexibility index (Phi) is 3.18. The Bertz CT molecular complexity index is 677. The van der Waals surface area contributed by atoms with Crippen LogP contribution in [0.3, 0.4) is 0 Å². The van der Waals surface area contributed by atoms with Crippen molar-refractivity contribution in [1.29, 1.82) is 0 Å². The van der Waals surface area contributed by atoms with Crippen LogP contribution >= 0.6 is 0 Å². The Balaban J connectivity index is 2.01. The van der Waals surface area contributed by atoms with Crippen molar-refractivity contribution in [2.24, 2.45) is 0 Å². The molecule has 0 saturated heterocycles. The predicted octanol–water partition coefficient (Wildman–Crippen LogP) is 3.51. The standard InChI is InChI=1S/C17H17NO2/c18-16-10-14(7-8-15(16)17(19)20)13-6-5-11-3-1-2-4-12(11)9-13/h5-10H,1-4,18H2,(H,19,20). The van der Waals surface area contributed by atoms with Crippen LogP contribution in [0.1, 0.15) is 34.3 Å². The lowest BCUT2D eigenvalue weighted by Gasteiger charge is -2.17. The lowest BCUT2D eigenvalue weighted by Crippen LogP contribution is -2.03. The number of hydrogen-bond donors (Lipinski definition) is 2. The summed E-state index contributed by atoms with van der Waals surface area (Å²) in [5.74, 6) is -0.987. The highest BCUT2D eigenvalue weighted by Gasteiger charge is 2.12. The zero-order chi connectivity index (χ0) is 14.1. The summed E-state index contributed by atoms with van der Waals surface area (Å²) in [6.07, 6.45) is 4.81. The number of nitrogens with two attached hydrogens (primary N) is 1. The van der Waals surface area contributed by atoms with Gasteiger partial charge < -0.3 is 10.8 Å². The molecule has 0 aromatic heterocycles. The zero-order valence-electron chi connectivity index (χ0n) is 11.2. The summed E-state index contributed by atoms with van der Waals surface area (Å²) >= 11 is 0. The van der Waals surface area contributed by atoms with E-state index in [1.807, 2.05) is 6.07 Å². The molecular formula is C17H17NO2. The van der Waals surface area contributed by atoms with Gasteiger partial charge in [-0.1, -0.05) is 24.3 Å². The molecule has 0 heterocycles. The molecule has 0 spiro atoms. The van der Waals surface area contributed by atoms with Gasteiger partial charge in [-0.25, -0.2) is 4.79 Å². The molecule has 1 aliphatic rings. The van der Waals surface area contributed by atoms with Crippen LogP contribution in [0.4, 0.5) is 5.69 Å². The van der Waals surface area contributed by atoms with Gasteiger partial charge in [-0.2, -0.15) is 0 Å². The maximum Gasteiger partial charge on any atom is 0.337 e. The Morgan fingerprint density at radius 3 is 2.30 bits per heavy atom. The van der Waals surface area contributed by atoms with Crippen molar-refractivity contribution in [2.75, 3.05) is 5.73 Å². The van der Waals surface area contributed by atoms with Crippen molar-refractivity contribution in [2.45, 2.75) is 25.7 Å². The molecule has 0 aliphatic heterocycles. The number of aromatic carboxylic acids is 1. The number of nitrogen functional groups attached to an aromatic ring is 1. The highest BCUT2D eigenvalue weighted by molar-refractivity contribution is 5.94. The van der Waals surface area contributed by atoms with Crippen LogP contribution in [-0.2, 0) is 12.8 Å². The first kappa shape index (κ1) is 12.7. The smallest absolute Gasteiger partial charge is 0.337 e. The topological polar surface area (TPSA) is 63.3 Å². The molecule has 3 heteroatoms. The molecule has 0 amide bonds. The summed E-state index contributed by atoms with van der Waals surface area (Å²) in [6.45, 7) is 0. The fourth-order valence-corrected chi connectivity index (χ4v) is 2.85. The lowest BCUT2D eigenvalue weighted by molar-refractivity contribution is 0.0698. The van der Waals surface area contributed by atoms with Gasteiger partial charge in [-0.3, -0.25) is 0 Å². The number of carboxylic acid groups (broad SMARTS) is 1. The molecule has 0 fully saturated rings. The summed E-state index contributed by atoms with van der Waals surface area (Å²) in [6, 6.07) is 11.6. The normalized spacial score (nSPS) is 13.8. The largest absolute Gasteiger partial charge is 0.478 e. The number of benzene rings is 2. The highest BCUT2D eigenvalue weighted by atomic mass is 16.4. The SMILES string of the molecule is Nc1cc(-c2ccc3c(c2)CCCC3)ccc1C(=O)O. The van der Waals surface area contributed by atoms with E-state index in [9.17, 15) is 4.79 Å². The number of fused-ring (bicyclic) bond motifs is 1. The molecule has 3 N–H and O–H groups in total. The molecule has 102 valence electrons. The second-order valence-electron chi connectivity index (χ2n) is 5.30. The number of carbonyl (C=O) groups is 1. The van der Waals surface area contributed by atoms with Gasteiger partial charge in [0.2, 0.25) is 0 Å².